The maximum absolute atomic E-state index is 5.80. The van der Waals surface area contributed by atoms with Crippen LogP contribution >= 0.6 is 27.3 Å². The highest BCUT2D eigenvalue weighted by molar-refractivity contribution is 9.10. The molecule has 96 valence electrons. The minimum absolute atomic E-state index is 0.466. The SMILES string of the molecule is Cc1cscc1-c1noc(-c2cc(N)cc(Br)c2)n1. The third-order valence-electron chi connectivity index (χ3n) is 2.69. The Balaban J connectivity index is 2.04. The number of nitrogen functional groups attached to an aromatic ring is 1. The molecule has 0 saturated carbocycles. The van der Waals surface area contributed by atoms with Gasteiger partial charge in [-0.15, -0.1) is 0 Å². The van der Waals surface area contributed by atoms with E-state index >= 15 is 0 Å². The summed E-state index contributed by atoms with van der Waals surface area (Å²) in [5.41, 5.74) is 9.40. The molecule has 0 radical (unpaired) electrons. The van der Waals surface area contributed by atoms with Gasteiger partial charge in [0.05, 0.1) is 0 Å². The van der Waals surface area contributed by atoms with Gasteiger partial charge < -0.3 is 10.3 Å². The van der Waals surface area contributed by atoms with Crippen LogP contribution in [0.1, 0.15) is 5.56 Å². The van der Waals surface area contributed by atoms with Gasteiger partial charge >= 0.3 is 0 Å². The third-order valence-corrected chi connectivity index (χ3v) is 4.01. The number of thiophene rings is 1. The predicted octanol–water partition coefficient (Wildman–Crippen LogP) is 4.12. The Morgan fingerprint density at radius 3 is 2.79 bits per heavy atom. The average Bonchev–Trinajstić information content (AvgIpc) is 2.95. The van der Waals surface area contributed by atoms with E-state index in [1.165, 1.54) is 0 Å². The molecule has 0 aliphatic carbocycles. The molecule has 2 aromatic heterocycles. The molecule has 0 spiro atoms. The largest absolute Gasteiger partial charge is 0.399 e. The molecule has 6 heteroatoms. The summed E-state index contributed by atoms with van der Waals surface area (Å²) in [6.45, 7) is 2.03. The van der Waals surface area contributed by atoms with E-state index in [0.717, 1.165) is 21.2 Å². The molecule has 4 nitrogen and oxygen atoms in total. The highest BCUT2D eigenvalue weighted by Crippen LogP contribution is 2.29. The average molecular weight is 336 g/mol. The molecule has 0 aliphatic rings. The first-order valence-electron chi connectivity index (χ1n) is 5.57. The number of aromatic nitrogens is 2. The summed E-state index contributed by atoms with van der Waals surface area (Å²) in [5.74, 6) is 1.07. The molecule has 0 unspecified atom stereocenters. The topological polar surface area (TPSA) is 64.9 Å². The molecular weight excluding hydrogens is 326 g/mol. The number of aryl methyl sites for hydroxylation is 1. The minimum Gasteiger partial charge on any atom is -0.399 e. The highest BCUT2D eigenvalue weighted by Gasteiger charge is 2.13. The Labute approximate surface area is 122 Å². The molecule has 0 amide bonds. The van der Waals surface area contributed by atoms with Gasteiger partial charge in [0.2, 0.25) is 5.82 Å². The van der Waals surface area contributed by atoms with E-state index in [9.17, 15) is 0 Å². The van der Waals surface area contributed by atoms with Crippen molar-refractivity contribution >= 4 is 33.0 Å². The van der Waals surface area contributed by atoms with Gasteiger partial charge in [0, 0.05) is 26.7 Å². The van der Waals surface area contributed by atoms with E-state index in [4.69, 9.17) is 10.3 Å². The van der Waals surface area contributed by atoms with Crippen LogP contribution in [0.3, 0.4) is 0 Å². The van der Waals surface area contributed by atoms with Crippen molar-refractivity contribution in [2.24, 2.45) is 0 Å². The first kappa shape index (κ1) is 12.4. The molecule has 0 bridgehead atoms. The van der Waals surface area contributed by atoms with Crippen LogP contribution < -0.4 is 5.73 Å². The summed E-state index contributed by atoms with van der Waals surface area (Å²) in [6, 6.07) is 5.53. The van der Waals surface area contributed by atoms with Crippen LogP contribution in [0, 0.1) is 6.92 Å². The highest BCUT2D eigenvalue weighted by atomic mass is 79.9. The number of hydrogen-bond donors (Lipinski definition) is 1. The molecule has 0 saturated heterocycles. The van der Waals surface area contributed by atoms with Crippen LogP contribution in [-0.2, 0) is 0 Å². The zero-order valence-corrected chi connectivity index (χ0v) is 12.5. The summed E-state index contributed by atoms with van der Waals surface area (Å²) < 4.78 is 6.19. The number of rotatable bonds is 2. The lowest BCUT2D eigenvalue weighted by atomic mass is 10.2. The van der Waals surface area contributed by atoms with Gasteiger partial charge in [-0.05, 0) is 36.1 Å². The zero-order chi connectivity index (χ0) is 13.4. The van der Waals surface area contributed by atoms with Crippen LogP contribution in [0.15, 0.2) is 38.0 Å². The predicted molar refractivity (Wildman–Crippen MR) is 79.9 cm³/mol. The second-order valence-corrected chi connectivity index (χ2v) is 5.82. The first-order chi connectivity index (χ1) is 9.13. The summed E-state index contributed by atoms with van der Waals surface area (Å²) in [6.07, 6.45) is 0. The number of benzene rings is 1. The van der Waals surface area contributed by atoms with Crippen molar-refractivity contribution in [2.45, 2.75) is 6.92 Å². The van der Waals surface area contributed by atoms with Gasteiger partial charge in [-0.3, -0.25) is 0 Å². The Morgan fingerprint density at radius 1 is 1.26 bits per heavy atom. The smallest absolute Gasteiger partial charge is 0.258 e. The maximum Gasteiger partial charge on any atom is 0.258 e. The van der Waals surface area contributed by atoms with E-state index < -0.39 is 0 Å². The monoisotopic (exact) mass is 335 g/mol. The Kier molecular flexibility index (Phi) is 3.12. The molecule has 0 fully saturated rings. The lowest BCUT2D eigenvalue weighted by Crippen LogP contribution is -1.86. The number of halogens is 1. The van der Waals surface area contributed by atoms with Crippen molar-refractivity contribution in [2.75, 3.05) is 5.73 Å². The standard InChI is InChI=1S/C13H10BrN3OS/c1-7-5-19-6-11(7)12-16-13(18-17-12)8-2-9(14)4-10(15)3-8/h2-6H,15H2,1H3. The van der Waals surface area contributed by atoms with Crippen molar-refractivity contribution < 1.29 is 4.52 Å². The number of nitrogens with zero attached hydrogens (tertiary/aromatic N) is 2. The summed E-state index contributed by atoms with van der Waals surface area (Å²) in [7, 11) is 0. The molecule has 2 heterocycles. The fraction of sp³-hybridized carbons (Fsp3) is 0.0769. The van der Waals surface area contributed by atoms with Crippen LogP contribution in [-0.4, -0.2) is 10.1 Å². The van der Waals surface area contributed by atoms with Crippen molar-refractivity contribution in [1.29, 1.82) is 0 Å². The Morgan fingerprint density at radius 2 is 2.11 bits per heavy atom. The maximum atomic E-state index is 5.80. The summed E-state index contributed by atoms with van der Waals surface area (Å²) >= 11 is 5.02. The number of anilines is 1. The van der Waals surface area contributed by atoms with Gasteiger partial charge in [-0.1, -0.05) is 21.1 Å². The van der Waals surface area contributed by atoms with Gasteiger partial charge in [-0.25, -0.2) is 0 Å². The fourth-order valence-corrected chi connectivity index (χ4v) is 3.11. The molecule has 0 aliphatic heterocycles. The molecule has 1 aromatic carbocycles. The molecule has 3 rings (SSSR count). The molecule has 3 aromatic rings. The Bertz CT molecular complexity index is 715. The van der Waals surface area contributed by atoms with Gasteiger partial charge in [-0.2, -0.15) is 16.3 Å². The fourth-order valence-electron chi connectivity index (χ4n) is 1.78. The number of hydrogen-bond acceptors (Lipinski definition) is 5. The molecule has 0 atom stereocenters. The lowest BCUT2D eigenvalue weighted by molar-refractivity contribution is 0.432. The normalized spacial score (nSPS) is 10.8. The van der Waals surface area contributed by atoms with Crippen molar-refractivity contribution in [1.82, 2.24) is 10.1 Å². The first-order valence-corrected chi connectivity index (χ1v) is 7.30. The lowest BCUT2D eigenvalue weighted by Gasteiger charge is -1.98. The van der Waals surface area contributed by atoms with Gasteiger partial charge in [0.15, 0.2) is 0 Å². The zero-order valence-electron chi connectivity index (χ0n) is 10.1. The second kappa shape index (κ2) is 4.79. The van der Waals surface area contributed by atoms with E-state index in [1.807, 2.05) is 30.5 Å². The summed E-state index contributed by atoms with van der Waals surface area (Å²) in [5, 5.41) is 8.09. The Hall–Kier alpha value is -1.66. The second-order valence-electron chi connectivity index (χ2n) is 4.16. The van der Waals surface area contributed by atoms with Crippen molar-refractivity contribution in [3.05, 3.63) is 39.0 Å². The molecule has 2 N–H and O–H groups in total. The third kappa shape index (κ3) is 2.41. The van der Waals surface area contributed by atoms with E-state index in [0.29, 0.717) is 17.4 Å². The van der Waals surface area contributed by atoms with Crippen molar-refractivity contribution in [3.63, 3.8) is 0 Å². The summed E-state index contributed by atoms with van der Waals surface area (Å²) in [4.78, 5) is 4.42. The van der Waals surface area contributed by atoms with Crippen LogP contribution in [0.5, 0.6) is 0 Å². The number of nitrogens with two attached hydrogens (primary N) is 1. The molecule has 19 heavy (non-hydrogen) atoms. The van der Waals surface area contributed by atoms with Gasteiger partial charge in [0.25, 0.3) is 5.89 Å². The van der Waals surface area contributed by atoms with Crippen LogP contribution in [0.2, 0.25) is 0 Å². The minimum atomic E-state index is 0.466. The quantitative estimate of drug-likeness (QED) is 0.715. The van der Waals surface area contributed by atoms with Gasteiger partial charge in [0.1, 0.15) is 0 Å². The van der Waals surface area contributed by atoms with E-state index in [2.05, 4.69) is 31.5 Å². The van der Waals surface area contributed by atoms with E-state index in [-0.39, 0.29) is 0 Å². The van der Waals surface area contributed by atoms with E-state index in [1.54, 1.807) is 11.3 Å². The van der Waals surface area contributed by atoms with Crippen LogP contribution in [0.4, 0.5) is 5.69 Å². The van der Waals surface area contributed by atoms with Crippen molar-refractivity contribution in [3.8, 4) is 22.8 Å². The van der Waals surface area contributed by atoms with Crippen LogP contribution in [0.25, 0.3) is 22.8 Å². The molecular formula is C13H10BrN3OS.